The Hall–Kier alpha value is -1.59. The number of benzene rings is 1. The van der Waals surface area contributed by atoms with Crippen molar-refractivity contribution in [2.75, 3.05) is 25.1 Å². The quantitative estimate of drug-likeness (QED) is 0.625. The van der Waals surface area contributed by atoms with Crippen LogP contribution in [0.1, 0.15) is 16.8 Å². The monoisotopic (exact) mass is 236 g/mol. The summed E-state index contributed by atoms with van der Waals surface area (Å²) in [5, 5.41) is 0. The molecule has 1 aliphatic rings. The molecule has 0 aromatic heterocycles. The van der Waals surface area contributed by atoms with Crippen LogP contribution < -0.4 is 10.8 Å². The van der Waals surface area contributed by atoms with E-state index in [2.05, 4.69) is 4.90 Å². The molecule has 1 fully saturated rings. The van der Waals surface area contributed by atoms with Gasteiger partial charge in [-0.1, -0.05) is 12.1 Å². The van der Waals surface area contributed by atoms with Gasteiger partial charge in [-0.3, -0.25) is 4.84 Å². The van der Waals surface area contributed by atoms with Crippen LogP contribution in [0, 0.1) is 0 Å². The first kappa shape index (κ1) is 11.9. The number of ether oxygens (including phenoxy) is 1. The first-order chi connectivity index (χ1) is 8.26. The van der Waals surface area contributed by atoms with E-state index >= 15 is 0 Å². The van der Waals surface area contributed by atoms with Crippen LogP contribution in [0.2, 0.25) is 0 Å². The Bertz CT molecular complexity index is 408. The van der Waals surface area contributed by atoms with Crippen molar-refractivity contribution in [2.24, 2.45) is 5.90 Å². The molecule has 17 heavy (non-hydrogen) atoms. The average Bonchev–Trinajstić information content (AvgIpc) is 2.86. The molecule has 0 bridgehead atoms. The van der Waals surface area contributed by atoms with E-state index in [0.717, 1.165) is 18.7 Å². The molecule has 0 saturated carbocycles. The lowest BCUT2D eigenvalue weighted by Crippen LogP contribution is -2.26. The standard InChI is InChI=1S/C12H16N2O3/c1-16-12(15)10-4-2-3-5-11(10)14-7-6-9(8-14)17-13/h2-5,9H,6-8,13H2,1H3. The number of carbonyl (C=O) groups is 1. The van der Waals surface area contributed by atoms with E-state index in [0.29, 0.717) is 12.1 Å². The molecule has 1 atom stereocenters. The van der Waals surface area contributed by atoms with E-state index in [9.17, 15) is 4.79 Å². The first-order valence-electron chi connectivity index (χ1n) is 5.54. The van der Waals surface area contributed by atoms with Crippen LogP contribution in [-0.2, 0) is 9.57 Å². The normalized spacial score (nSPS) is 19.4. The number of anilines is 1. The summed E-state index contributed by atoms with van der Waals surface area (Å²) in [6, 6.07) is 7.39. The number of nitrogens with zero attached hydrogens (tertiary/aromatic N) is 1. The van der Waals surface area contributed by atoms with Gasteiger partial charge in [0.25, 0.3) is 0 Å². The highest BCUT2D eigenvalue weighted by Gasteiger charge is 2.25. The number of rotatable bonds is 3. The molecular weight excluding hydrogens is 220 g/mol. The minimum absolute atomic E-state index is 0.0284. The summed E-state index contributed by atoms with van der Waals surface area (Å²) in [5.41, 5.74) is 1.45. The van der Waals surface area contributed by atoms with E-state index < -0.39 is 0 Å². The van der Waals surface area contributed by atoms with Gasteiger partial charge in [-0.25, -0.2) is 10.7 Å². The number of para-hydroxylation sites is 1. The fourth-order valence-corrected chi connectivity index (χ4v) is 2.09. The molecule has 92 valence electrons. The number of esters is 1. The molecule has 1 saturated heterocycles. The highest BCUT2D eigenvalue weighted by Crippen LogP contribution is 2.25. The van der Waals surface area contributed by atoms with Crippen LogP contribution in [0.5, 0.6) is 0 Å². The van der Waals surface area contributed by atoms with Crippen LogP contribution in [0.25, 0.3) is 0 Å². The number of hydrogen-bond acceptors (Lipinski definition) is 5. The maximum atomic E-state index is 11.6. The predicted molar refractivity (Wildman–Crippen MR) is 63.7 cm³/mol. The van der Waals surface area contributed by atoms with Gasteiger partial charge in [0.1, 0.15) is 0 Å². The third kappa shape index (κ3) is 2.40. The second-order valence-corrected chi connectivity index (χ2v) is 4.00. The smallest absolute Gasteiger partial charge is 0.339 e. The maximum Gasteiger partial charge on any atom is 0.339 e. The molecule has 5 nitrogen and oxygen atoms in total. The molecule has 1 aromatic rings. The summed E-state index contributed by atoms with van der Waals surface area (Å²) in [4.78, 5) is 18.6. The summed E-state index contributed by atoms with van der Waals surface area (Å²) >= 11 is 0. The van der Waals surface area contributed by atoms with Gasteiger partial charge in [0.2, 0.25) is 0 Å². The highest BCUT2D eigenvalue weighted by molar-refractivity contribution is 5.95. The third-order valence-corrected chi connectivity index (χ3v) is 2.99. The van der Waals surface area contributed by atoms with E-state index in [4.69, 9.17) is 15.5 Å². The Kier molecular flexibility index (Phi) is 3.61. The number of carbonyl (C=O) groups excluding carboxylic acids is 1. The van der Waals surface area contributed by atoms with Crippen molar-refractivity contribution in [3.63, 3.8) is 0 Å². The van der Waals surface area contributed by atoms with Gasteiger partial charge in [-0.05, 0) is 18.6 Å². The van der Waals surface area contributed by atoms with Gasteiger partial charge in [-0.2, -0.15) is 0 Å². The molecule has 1 heterocycles. The Morgan fingerprint density at radius 2 is 2.24 bits per heavy atom. The highest BCUT2D eigenvalue weighted by atomic mass is 16.6. The lowest BCUT2D eigenvalue weighted by molar-refractivity contribution is 0.0600. The molecular formula is C12H16N2O3. The third-order valence-electron chi connectivity index (χ3n) is 2.99. The molecule has 1 aliphatic heterocycles. The van der Waals surface area contributed by atoms with Crippen LogP contribution in [0.3, 0.4) is 0 Å². The summed E-state index contributed by atoms with van der Waals surface area (Å²) in [7, 11) is 1.38. The van der Waals surface area contributed by atoms with Gasteiger partial charge in [0.05, 0.1) is 24.5 Å². The lowest BCUT2D eigenvalue weighted by Gasteiger charge is -2.20. The number of nitrogens with two attached hydrogens (primary N) is 1. The molecule has 1 unspecified atom stereocenters. The molecule has 2 rings (SSSR count). The number of hydrogen-bond donors (Lipinski definition) is 1. The second kappa shape index (κ2) is 5.16. The van der Waals surface area contributed by atoms with E-state index in [1.807, 2.05) is 18.2 Å². The van der Waals surface area contributed by atoms with Gasteiger partial charge in [0.15, 0.2) is 0 Å². The van der Waals surface area contributed by atoms with Gasteiger partial charge >= 0.3 is 5.97 Å². The molecule has 0 spiro atoms. The summed E-state index contributed by atoms with van der Waals surface area (Å²) in [6.07, 6.45) is 0.895. The molecule has 0 amide bonds. The fourth-order valence-electron chi connectivity index (χ4n) is 2.09. The van der Waals surface area contributed by atoms with Crippen molar-refractivity contribution in [3.05, 3.63) is 29.8 Å². The Balaban J connectivity index is 2.23. The minimum atomic E-state index is -0.322. The largest absolute Gasteiger partial charge is 0.465 e. The van der Waals surface area contributed by atoms with Gasteiger partial charge in [0, 0.05) is 13.1 Å². The Labute approximate surface area is 100 Å². The van der Waals surface area contributed by atoms with Crippen molar-refractivity contribution >= 4 is 11.7 Å². The SMILES string of the molecule is COC(=O)c1ccccc1N1CCC(ON)C1. The number of methoxy groups -OCH3 is 1. The summed E-state index contributed by atoms with van der Waals surface area (Å²) in [6.45, 7) is 1.53. The van der Waals surface area contributed by atoms with Gasteiger partial charge < -0.3 is 9.64 Å². The molecule has 1 aromatic carbocycles. The zero-order valence-corrected chi connectivity index (χ0v) is 9.76. The maximum absolute atomic E-state index is 11.6. The molecule has 2 N–H and O–H groups in total. The zero-order chi connectivity index (χ0) is 12.3. The minimum Gasteiger partial charge on any atom is -0.465 e. The summed E-state index contributed by atoms with van der Waals surface area (Å²) in [5.74, 6) is 4.86. The molecule has 0 radical (unpaired) electrons. The first-order valence-corrected chi connectivity index (χ1v) is 5.54. The van der Waals surface area contributed by atoms with Crippen molar-refractivity contribution in [1.29, 1.82) is 0 Å². The average molecular weight is 236 g/mol. The van der Waals surface area contributed by atoms with Crippen LogP contribution in [0.4, 0.5) is 5.69 Å². The van der Waals surface area contributed by atoms with E-state index in [1.54, 1.807) is 6.07 Å². The molecule has 0 aliphatic carbocycles. The van der Waals surface area contributed by atoms with Crippen molar-refractivity contribution in [3.8, 4) is 0 Å². The Morgan fingerprint density at radius 3 is 2.88 bits per heavy atom. The van der Waals surface area contributed by atoms with Crippen molar-refractivity contribution in [2.45, 2.75) is 12.5 Å². The second-order valence-electron chi connectivity index (χ2n) is 4.00. The zero-order valence-electron chi connectivity index (χ0n) is 9.76. The van der Waals surface area contributed by atoms with Crippen LogP contribution >= 0.6 is 0 Å². The fraction of sp³-hybridized carbons (Fsp3) is 0.417. The topological polar surface area (TPSA) is 64.8 Å². The lowest BCUT2D eigenvalue weighted by atomic mass is 10.1. The van der Waals surface area contributed by atoms with Gasteiger partial charge in [-0.15, -0.1) is 0 Å². The van der Waals surface area contributed by atoms with Crippen LogP contribution in [-0.4, -0.2) is 32.3 Å². The molecule has 5 heteroatoms. The van der Waals surface area contributed by atoms with E-state index in [-0.39, 0.29) is 12.1 Å². The van der Waals surface area contributed by atoms with Crippen molar-refractivity contribution < 1.29 is 14.4 Å². The summed E-state index contributed by atoms with van der Waals surface area (Å²) < 4.78 is 4.77. The van der Waals surface area contributed by atoms with Crippen LogP contribution in [0.15, 0.2) is 24.3 Å². The Morgan fingerprint density at radius 1 is 1.47 bits per heavy atom. The van der Waals surface area contributed by atoms with Crippen molar-refractivity contribution in [1.82, 2.24) is 0 Å². The van der Waals surface area contributed by atoms with E-state index in [1.165, 1.54) is 7.11 Å². The predicted octanol–water partition coefficient (Wildman–Crippen LogP) is 0.942.